The van der Waals surface area contributed by atoms with Crippen LogP contribution in [0.1, 0.15) is 17.3 Å². The molecule has 1 amide bonds. The minimum atomic E-state index is -0.473. The molecule has 1 rings (SSSR count). The topological polar surface area (TPSA) is 73.3 Å². The molecule has 6 nitrogen and oxygen atoms in total. The van der Waals surface area contributed by atoms with Crippen molar-refractivity contribution in [3.63, 3.8) is 0 Å². The van der Waals surface area contributed by atoms with Gasteiger partial charge >= 0.3 is 0 Å². The Hall–Kier alpha value is -1.53. The van der Waals surface area contributed by atoms with E-state index in [1.165, 1.54) is 26.6 Å². The van der Waals surface area contributed by atoms with Crippen molar-refractivity contribution in [3.05, 3.63) is 24.0 Å². The Bertz CT molecular complexity index is 327. The molecule has 1 heterocycles. The van der Waals surface area contributed by atoms with Gasteiger partial charge in [-0.15, -0.1) is 0 Å². The van der Waals surface area contributed by atoms with Crippen LogP contribution in [-0.2, 0) is 9.47 Å². The number of aromatic nitrogens is 2. The second kappa shape index (κ2) is 6.14. The minimum Gasteiger partial charge on any atom is -0.354 e. The van der Waals surface area contributed by atoms with Crippen molar-refractivity contribution in [2.75, 3.05) is 14.2 Å². The van der Waals surface area contributed by atoms with Gasteiger partial charge in [-0.3, -0.25) is 4.79 Å². The molecule has 1 atom stereocenters. The monoisotopic (exact) mass is 225 g/mol. The van der Waals surface area contributed by atoms with Crippen molar-refractivity contribution in [2.24, 2.45) is 0 Å². The molecule has 1 aromatic rings. The largest absolute Gasteiger partial charge is 0.354 e. The lowest BCUT2D eigenvalue weighted by Crippen LogP contribution is -2.42. The van der Waals surface area contributed by atoms with E-state index in [-0.39, 0.29) is 11.9 Å². The molecule has 1 N–H and O–H groups in total. The Morgan fingerprint density at radius 2 is 2.06 bits per heavy atom. The SMILES string of the molecule is COC(OC)C(C)NC(=O)c1ccnnc1. The summed E-state index contributed by atoms with van der Waals surface area (Å²) >= 11 is 0. The van der Waals surface area contributed by atoms with Crippen LogP contribution in [0.2, 0.25) is 0 Å². The zero-order valence-corrected chi connectivity index (χ0v) is 9.51. The number of hydrogen-bond donors (Lipinski definition) is 1. The van der Waals surface area contributed by atoms with E-state index in [4.69, 9.17) is 9.47 Å². The number of methoxy groups -OCH3 is 2. The predicted octanol–water partition coefficient (Wildman–Crippen LogP) is 0.214. The van der Waals surface area contributed by atoms with Crippen LogP contribution in [0, 0.1) is 0 Å². The van der Waals surface area contributed by atoms with E-state index in [0.717, 1.165) is 0 Å². The van der Waals surface area contributed by atoms with E-state index < -0.39 is 6.29 Å². The fourth-order valence-electron chi connectivity index (χ4n) is 1.29. The predicted molar refractivity (Wildman–Crippen MR) is 56.8 cm³/mol. The molecule has 6 heteroatoms. The molecule has 1 aromatic heterocycles. The highest BCUT2D eigenvalue weighted by atomic mass is 16.7. The molecule has 0 aliphatic carbocycles. The van der Waals surface area contributed by atoms with Crippen LogP contribution in [0.3, 0.4) is 0 Å². The first kappa shape index (κ1) is 12.5. The molecule has 0 radical (unpaired) electrons. The third kappa shape index (κ3) is 3.25. The summed E-state index contributed by atoms with van der Waals surface area (Å²) in [7, 11) is 3.04. The number of nitrogens with one attached hydrogen (secondary N) is 1. The second-order valence-corrected chi connectivity index (χ2v) is 3.23. The molecule has 16 heavy (non-hydrogen) atoms. The van der Waals surface area contributed by atoms with Crippen molar-refractivity contribution in [1.29, 1.82) is 0 Å². The Balaban J connectivity index is 2.58. The summed E-state index contributed by atoms with van der Waals surface area (Å²) in [5.74, 6) is -0.235. The first-order valence-corrected chi connectivity index (χ1v) is 4.82. The van der Waals surface area contributed by atoms with E-state index in [1.54, 1.807) is 13.0 Å². The van der Waals surface area contributed by atoms with Crippen LogP contribution >= 0.6 is 0 Å². The van der Waals surface area contributed by atoms with Crippen LogP contribution in [0.4, 0.5) is 0 Å². The van der Waals surface area contributed by atoms with Crippen LogP contribution in [0.15, 0.2) is 18.5 Å². The lowest BCUT2D eigenvalue weighted by molar-refractivity contribution is -0.117. The molecule has 0 bridgehead atoms. The van der Waals surface area contributed by atoms with E-state index in [0.29, 0.717) is 5.56 Å². The first-order chi connectivity index (χ1) is 7.69. The van der Waals surface area contributed by atoms with Gasteiger partial charge in [0, 0.05) is 14.2 Å². The van der Waals surface area contributed by atoms with Gasteiger partial charge in [0.25, 0.3) is 5.91 Å². The van der Waals surface area contributed by atoms with Gasteiger partial charge in [0.1, 0.15) is 0 Å². The van der Waals surface area contributed by atoms with E-state index in [9.17, 15) is 4.79 Å². The smallest absolute Gasteiger partial charge is 0.253 e. The van der Waals surface area contributed by atoms with Crippen molar-refractivity contribution >= 4 is 5.91 Å². The van der Waals surface area contributed by atoms with Crippen LogP contribution in [0.25, 0.3) is 0 Å². The van der Waals surface area contributed by atoms with Gasteiger partial charge in [-0.05, 0) is 13.0 Å². The molecule has 0 saturated heterocycles. The number of carbonyl (C=O) groups excluding carboxylic acids is 1. The van der Waals surface area contributed by atoms with Gasteiger partial charge < -0.3 is 14.8 Å². The van der Waals surface area contributed by atoms with Crippen LogP contribution in [-0.4, -0.2) is 42.7 Å². The lowest BCUT2D eigenvalue weighted by Gasteiger charge is -2.21. The summed E-state index contributed by atoms with van der Waals surface area (Å²) in [5, 5.41) is 9.96. The Kier molecular flexibility index (Phi) is 4.81. The van der Waals surface area contributed by atoms with E-state index >= 15 is 0 Å². The maximum atomic E-state index is 11.7. The number of carbonyl (C=O) groups is 1. The van der Waals surface area contributed by atoms with Crippen molar-refractivity contribution in [3.8, 4) is 0 Å². The zero-order chi connectivity index (χ0) is 12.0. The summed E-state index contributed by atoms with van der Waals surface area (Å²) in [6, 6.07) is 1.33. The lowest BCUT2D eigenvalue weighted by atomic mass is 10.2. The van der Waals surface area contributed by atoms with Gasteiger partial charge in [0.05, 0.1) is 24.0 Å². The van der Waals surface area contributed by atoms with Crippen molar-refractivity contribution in [1.82, 2.24) is 15.5 Å². The van der Waals surface area contributed by atoms with Crippen LogP contribution in [0.5, 0.6) is 0 Å². The number of amides is 1. The maximum absolute atomic E-state index is 11.7. The fraction of sp³-hybridized carbons (Fsp3) is 0.500. The highest BCUT2D eigenvalue weighted by Gasteiger charge is 2.18. The summed E-state index contributed by atoms with van der Waals surface area (Å²) in [6.45, 7) is 1.80. The normalized spacial score (nSPS) is 12.5. The van der Waals surface area contributed by atoms with E-state index in [2.05, 4.69) is 15.5 Å². The van der Waals surface area contributed by atoms with Crippen molar-refractivity contribution < 1.29 is 14.3 Å². The summed E-state index contributed by atoms with van der Waals surface area (Å²) in [6.07, 6.45) is 2.39. The second-order valence-electron chi connectivity index (χ2n) is 3.23. The third-order valence-corrected chi connectivity index (χ3v) is 2.08. The Morgan fingerprint density at radius 3 is 2.56 bits per heavy atom. The Labute approximate surface area is 94.0 Å². The van der Waals surface area contributed by atoms with Gasteiger partial charge in [-0.2, -0.15) is 10.2 Å². The molecule has 1 unspecified atom stereocenters. The molecule has 0 aliphatic heterocycles. The average molecular weight is 225 g/mol. The van der Waals surface area contributed by atoms with Gasteiger partial charge in [-0.1, -0.05) is 0 Å². The maximum Gasteiger partial charge on any atom is 0.253 e. The van der Waals surface area contributed by atoms with Crippen molar-refractivity contribution in [2.45, 2.75) is 19.3 Å². The quantitative estimate of drug-likeness (QED) is 0.725. The molecule has 0 fully saturated rings. The summed E-state index contributed by atoms with van der Waals surface area (Å²) < 4.78 is 10.1. The molecule has 0 aromatic carbocycles. The zero-order valence-electron chi connectivity index (χ0n) is 9.51. The molecule has 0 spiro atoms. The summed E-state index contributed by atoms with van der Waals surface area (Å²) in [5.41, 5.74) is 0.452. The highest BCUT2D eigenvalue weighted by Crippen LogP contribution is 2.01. The van der Waals surface area contributed by atoms with Gasteiger partial charge in [-0.25, -0.2) is 0 Å². The fourth-order valence-corrected chi connectivity index (χ4v) is 1.29. The number of nitrogens with zero attached hydrogens (tertiary/aromatic N) is 2. The molecule has 88 valence electrons. The number of rotatable bonds is 5. The Morgan fingerprint density at radius 1 is 1.38 bits per heavy atom. The molecule has 0 aliphatic rings. The number of hydrogen-bond acceptors (Lipinski definition) is 5. The molecular formula is C10H15N3O3. The standard InChI is InChI=1S/C10H15N3O3/c1-7(10(15-2)16-3)13-9(14)8-4-5-11-12-6-8/h4-7,10H,1-3H3,(H,13,14). The van der Waals surface area contributed by atoms with Gasteiger partial charge in [0.15, 0.2) is 6.29 Å². The third-order valence-electron chi connectivity index (χ3n) is 2.08. The summed E-state index contributed by atoms with van der Waals surface area (Å²) in [4.78, 5) is 11.7. The van der Waals surface area contributed by atoms with Gasteiger partial charge in [0.2, 0.25) is 0 Å². The van der Waals surface area contributed by atoms with E-state index in [1.807, 2.05) is 0 Å². The molecule has 0 saturated carbocycles. The average Bonchev–Trinajstić information content (AvgIpc) is 2.31. The molecular weight excluding hydrogens is 210 g/mol. The highest BCUT2D eigenvalue weighted by molar-refractivity contribution is 5.93. The minimum absolute atomic E-state index is 0.235. The first-order valence-electron chi connectivity index (χ1n) is 4.82. The van der Waals surface area contributed by atoms with Crippen LogP contribution < -0.4 is 5.32 Å². The number of ether oxygens (including phenoxy) is 2.